The van der Waals surface area contributed by atoms with Crippen molar-refractivity contribution in [1.29, 1.82) is 0 Å². The van der Waals surface area contributed by atoms with Crippen LogP contribution in [-0.4, -0.2) is 22.1 Å². The Hall–Kier alpha value is -1.14. The Morgan fingerprint density at radius 3 is 2.81 bits per heavy atom. The minimum absolute atomic E-state index is 0.112. The molecule has 90 valence electrons. The molecule has 16 heavy (non-hydrogen) atoms. The predicted octanol–water partition coefficient (Wildman–Crippen LogP) is 1.71. The number of thiazole rings is 1. The van der Waals surface area contributed by atoms with Crippen LogP contribution in [0.3, 0.4) is 0 Å². The average Bonchev–Trinajstić information content (AvgIpc) is 2.83. The maximum Gasteiger partial charge on any atom is 0.156 e. The Labute approximate surface area is 99.4 Å². The van der Waals surface area contributed by atoms with Gasteiger partial charge in [0.2, 0.25) is 0 Å². The molecule has 0 aliphatic rings. The van der Waals surface area contributed by atoms with Gasteiger partial charge in [0.05, 0.1) is 12.1 Å². The number of rotatable bonds is 6. The largest absolute Gasteiger partial charge is 0.409 e. The van der Waals surface area contributed by atoms with Crippen molar-refractivity contribution in [2.75, 3.05) is 0 Å². The maximum absolute atomic E-state index is 8.66. The van der Waals surface area contributed by atoms with Gasteiger partial charge in [0, 0.05) is 11.6 Å². The Bertz CT molecular complexity index is 326. The summed E-state index contributed by atoms with van der Waals surface area (Å²) in [7, 11) is 0. The molecule has 0 amide bonds. The van der Waals surface area contributed by atoms with E-state index in [0.29, 0.717) is 0 Å². The van der Waals surface area contributed by atoms with Gasteiger partial charge in [-0.3, -0.25) is 5.32 Å². The number of hydrogen-bond donors (Lipinski definition) is 3. The van der Waals surface area contributed by atoms with E-state index < -0.39 is 0 Å². The van der Waals surface area contributed by atoms with E-state index in [1.54, 1.807) is 17.5 Å². The first-order valence-electron chi connectivity index (χ1n) is 5.35. The smallest absolute Gasteiger partial charge is 0.156 e. The van der Waals surface area contributed by atoms with Gasteiger partial charge >= 0.3 is 0 Å². The minimum Gasteiger partial charge on any atom is -0.409 e. The highest BCUT2D eigenvalue weighted by Gasteiger charge is 2.19. The molecule has 1 aromatic heterocycles. The van der Waals surface area contributed by atoms with Crippen molar-refractivity contribution in [3.8, 4) is 0 Å². The third kappa shape index (κ3) is 3.18. The molecule has 0 aliphatic carbocycles. The summed E-state index contributed by atoms with van der Waals surface area (Å²) in [5, 5.41) is 18.0. The van der Waals surface area contributed by atoms with E-state index >= 15 is 0 Å². The molecule has 6 heteroatoms. The number of nitrogens with two attached hydrogens (primary N) is 1. The molecule has 1 aromatic rings. The third-order valence-electron chi connectivity index (χ3n) is 2.44. The summed E-state index contributed by atoms with van der Waals surface area (Å²) >= 11 is 1.61. The topological polar surface area (TPSA) is 83.5 Å². The molecule has 1 heterocycles. The zero-order valence-electron chi connectivity index (χ0n) is 9.55. The standard InChI is InChI=1S/C10H18N4OS/c1-3-7(9(11)14-15)13-8(4-2)10-12-5-6-16-10/h5-8,13,15H,3-4H2,1-2H3,(H2,11,14). The monoisotopic (exact) mass is 242 g/mol. The van der Waals surface area contributed by atoms with Gasteiger partial charge in [-0.05, 0) is 12.8 Å². The van der Waals surface area contributed by atoms with E-state index in [-0.39, 0.29) is 17.9 Å². The predicted molar refractivity (Wildman–Crippen MR) is 65.8 cm³/mol. The normalized spacial score (nSPS) is 16.0. The SMILES string of the molecule is CCC(NC(CC)c1nccs1)C(N)=NO. The molecule has 5 nitrogen and oxygen atoms in total. The average molecular weight is 242 g/mol. The van der Waals surface area contributed by atoms with Crippen LogP contribution < -0.4 is 11.1 Å². The van der Waals surface area contributed by atoms with Crippen LogP contribution in [0.1, 0.15) is 37.7 Å². The van der Waals surface area contributed by atoms with Gasteiger partial charge in [-0.2, -0.15) is 0 Å². The van der Waals surface area contributed by atoms with Crippen LogP contribution in [0.25, 0.3) is 0 Å². The minimum atomic E-state index is -0.112. The van der Waals surface area contributed by atoms with Gasteiger partial charge in [-0.25, -0.2) is 4.98 Å². The van der Waals surface area contributed by atoms with Crippen LogP contribution in [0.5, 0.6) is 0 Å². The fraction of sp³-hybridized carbons (Fsp3) is 0.600. The summed E-state index contributed by atoms with van der Waals surface area (Å²) in [5.74, 6) is 0.220. The van der Waals surface area contributed by atoms with Gasteiger partial charge in [0.25, 0.3) is 0 Å². The number of nitrogens with one attached hydrogen (secondary N) is 1. The zero-order valence-corrected chi connectivity index (χ0v) is 10.4. The highest BCUT2D eigenvalue weighted by atomic mass is 32.1. The van der Waals surface area contributed by atoms with Crippen molar-refractivity contribution in [2.45, 2.75) is 38.8 Å². The van der Waals surface area contributed by atoms with Crippen LogP contribution in [0.2, 0.25) is 0 Å². The van der Waals surface area contributed by atoms with Crippen LogP contribution in [-0.2, 0) is 0 Å². The van der Waals surface area contributed by atoms with Gasteiger partial charge < -0.3 is 10.9 Å². The summed E-state index contributed by atoms with van der Waals surface area (Å²) in [6, 6.07) is 0.0455. The van der Waals surface area contributed by atoms with Gasteiger partial charge in [-0.15, -0.1) is 11.3 Å². The van der Waals surface area contributed by atoms with E-state index in [4.69, 9.17) is 10.9 Å². The summed E-state index contributed by atoms with van der Waals surface area (Å²) in [5.41, 5.74) is 5.60. The van der Waals surface area contributed by atoms with E-state index in [0.717, 1.165) is 17.8 Å². The van der Waals surface area contributed by atoms with E-state index in [9.17, 15) is 0 Å². The lowest BCUT2D eigenvalue weighted by Crippen LogP contribution is -2.42. The van der Waals surface area contributed by atoms with Crippen molar-refractivity contribution in [3.05, 3.63) is 16.6 Å². The lowest BCUT2D eigenvalue weighted by molar-refractivity contribution is 0.312. The fourth-order valence-electron chi connectivity index (χ4n) is 1.50. The highest BCUT2D eigenvalue weighted by Crippen LogP contribution is 2.19. The molecule has 0 spiro atoms. The molecular weight excluding hydrogens is 224 g/mol. The van der Waals surface area contributed by atoms with Crippen molar-refractivity contribution in [2.24, 2.45) is 10.9 Å². The second-order valence-electron chi connectivity index (χ2n) is 3.48. The van der Waals surface area contributed by atoms with Crippen LogP contribution in [0, 0.1) is 0 Å². The summed E-state index contributed by atoms with van der Waals surface area (Å²) < 4.78 is 0. The number of amidine groups is 1. The fourth-order valence-corrected chi connectivity index (χ4v) is 2.28. The molecule has 0 aromatic carbocycles. The Kier molecular flexibility index (Phi) is 5.21. The number of hydrogen-bond acceptors (Lipinski definition) is 5. The van der Waals surface area contributed by atoms with Gasteiger partial charge in [0.15, 0.2) is 5.84 Å². The van der Waals surface area contributed by atoms with Crippen molar-refractivity contribution >= 4 is 17.2 Å². The summed E-state index contributed by atoms with van der Waals surface area (Å²) in [6.07, 6.45) is 3.48. The lowest BCUT2D eigenvalue weighted by atomic mass is 10.1. The molecule has 0 saturated heterocycles. The van der Waals surface area contributed by atoms with Crippen LogP contribution in [0.4, 0.5) is 0 Å². The number of oxime groups is 1. The van der Waals surface area contributed by atoms with Crippen molar-refractivity contribution in [3.63, 3.8) is 0 Å². The first-order valence-corrected chi connectivity index (χ1v) is 6.23. The maximum atomic E-state index is 8.66. The van der Waals surface area contributed by atoms with E-state index in [1.165, 1.54) is 0 Å². The van der Waals surface area contributed by atoms with Crippen molar-refractivity contribution < 1.29 is 5.21 Å². The molecular formula is C10H18N4OS. The summed E-state index contributed by atoms with van der Waals surface area (Å²) in [4.78, 5) is 4.27. The summed E-state index contributed by atoms with van der Waals surface area (Å²) in [6.45, 7) is 4.07. The molecule has 2 unspecified atom stereocenters. The molecule has 0 bridgehead atoms. The van der Waals surface area contributed by atoms with Crippen molar-refractivity contribution in [1.82, 2.24) is 10.3 Å². The first kappa shape index (κ1) is 12.9. The van der Waals surface area contributed by atoms with E-state index in [1.807, 2.05) is 12.3 Å². The Balaban J connectivity index is 2.69. The lowest BCUT2D eigenvalue weighted by Gasteiger charge is -2.21. The quantitative estimate of drug-likeness (QED) is 0.307. The van der Waals surface area contributed by atoms with Gasteiger partial charge in [-0.1, -0.05) is 19.0 Å². The number of nitrogens with zero attached hydrogens (tertiary/aromatic N) is 2. The molecule has 1 rings (SSSR count). The Morgan fingerprint density at radius 2 is 2.38 bits per heavy atom. The second-order valence-corrected chi connectivity index (χ2v) is 4.41. The number of aromatic nitrogens is 1. The first-order chi connectivity index (χ1) is 7.72. The highest BCUT2D eigenvalue weighted by molar-refractivity contribution is 7.09. The molecule has 4 N–H and O–H groups in total. The molecule has 0 radical (unpaired) electrons. The molecule has 0 fully saturated rings. The molecule has 2 atom stereocenters. The molecule has 0 aliphatic heterocycles. The second kappa shape index (κ2) is 6.44. The van der Waals surface area contributed by atoms with Crippen LogP contribution >= 0.6 is 11.3 Å². The zero-order chi connectivity index (χ0) is 12.0. The Morgan fingerprint density at radius 1 is 1.62 bits per heavy atom. The van der Waals surface area contributed by atoms with E-state index in [2.05, 4.69) is 22.4 Å². The molecule has 0 saturated carbocycles. The van der Waals surface area contributed by atoms with Crippen LogP contribution in [0.15, 0.2) is 16.7 Å². The van der Waals surface area contributed by atoms with Gasteiger partial charge in [0.1, 0.15) is 5.01 Å². The third-order valence-corrected chi connectivity index (χ3v) is 3.33.